The summed E-state index contributed by atoms with van der Waals surface area (Å²) in [5.74, 6) is 0.262. The van der Waals surface area contributed by atoms with E-state index in [1.807, 2.05) is 18.2 Å². The molecule has 1 aromatic carbocycles. The molecular weight excluding hydrogens is 318 g/mol. The molecule has 0 atom stereocenters. The van der Waals surface area contributed by atoms with Crippen LogP contribution in [-0.4, -0.2) is 46.7 Å². The summed E-state index contributed by atoms with van der Waals surface area (Å²) in [5.41, 5.74) is 8.41. The van der Waals surface area contributed by atoms with Gasteiger partial charge in [-0.2, -0.15) is 5.10 Å². The number of benzene rings is 1. The number of rotatable bonds is 5. The largest absolute Gasteiger partial charge is 0.352 e. The Labute approximate surface area is 146 Å². The molecule has 1 fully saturated rings. The van der Waals surface area contributed by atoms with Crippen molar-refractivity contribution < 1.29 is 9.59 Å². The molecule has 132 valence electrons. The Bertz CT molecular complexity index is 720. The van der Waals surface area contributed by atoms with Crippen LogP contribution in [0.15, 0.2) is 36.4 Å². The zero-order valence-corrected chi connectivity index (χ0v) is 14.1. The maximum absolute atomic E-state index is 12.0. The van der Waals surface area contributed by atoms with Gasteiger partial charge in [-0.1, -0.05) is 30.3 Å². The maximum atomic E-state index is 12.0. The lowest BCUT2D eigenvalue weighted by Gasteiger charge is -2.31. The number of aromatic nitrogens is 2. The van der Waals surface area contributed by atoms with E-state index in [1.165, 1.54) is 5.56 Å². The lowest BCUT2D eigenvalue weighted by atomic mass is 9.93. The summed E-state index contributed by atoms with van der Waals surface area (Å²) >= 11 is 0. The highest BCUT2D eigenvalue weighted by atomic mass is 16.2. The predicted molar refractivity (Wildman–Crippen MR) is 94.0 cm³/mol. The van der Waals surface area contributed by atoms with Crippen molar-refractivity contribution in [3.8, 4) is 0 Å². The van der Waals surface area contributed by atoms with E-state index in [1.54, 1.807) is 4.90 Å². The van der Waals surface area contributed by atoms with Crippen molar-refractivity contribution >= 4 is 11.9 Å². The summed E-state index contributed by atoms with van der Waals surface area (Å²) in [7, 11) is 0. The monoisotopic (exact) mass is 341 g/mol. The number of nitrogens with zero attached hydrogens (tertiary/aromatic N) is 2. The fourth-order valence-corrected chi connectivity index (χ4v) is 3.19. The zero-order valence-electron chi connectivity index (χ0n) is 14.1. The van der Waals surface area contributed by atoms with Crippen molar-refractivity contribution in [1.29, 1.82) is 0 Å². The summed E-state index contributed by atoms with van der Waals surface area (Å²) in [6, 6.07) is 11.7. The van der Waals surface area contributed by atoms with E-state index in [0.29, 0.717) is 19.0 Å². The lowest BCUT2D eigenvalue weighted by Crippen LogP contribution is -2.44. The highest BCUT2D eigenvalue weighted by Gasteiger charge is 2.25. The van der Waals surface area contributed by atoms with Gasteiger partial charge in [0.2, 0.25) is 5.91 Å². The molecule has 3 amide bonds. The standard InChI is InChI=1S/C18H23N5O2/c19-18(25)20-12-17(24)23-8-6-14(7-9-23)16-11-15(21-22-16)10-13-4-2-1-3-5-13/h1-5,11,14H,6-10,12H2,(H,21,22)(H3,19,20,25). The molecule has 0 bridgehead atoms. The fraction of sp³-hybridized carbons (Fsp3) is 0.389. The van der Waals surface area contributed by atoms with Gasteiger partial charge < -0.3 is 16.0 Å². The number of nitrogens with one attached hydrogen (secondary N) is 2. The van der Waals surface area contributed by atoms with Crippen LogP contribution in [0.25, 0.3) is 0 Å². The van der Waals surface area contributed by atoms with E-state index in [2.05, 4.69) is 33.7 Å². The first-order valence-electron chi connectivity index (χ1n) is 8.51. The molecule has 0 unspecified atom stereocenters. The van der Waals surface area contributed by atoms with Crippen LogP contribution in [-0.2, 0) is 11.2 Å². The average molecular weight is 341 g/mol. The fourth-order valence-electron chi connectivity index (χ4n) is 3.19. The third-order valence-electron chi connectivity index (χ3n) is 4.57. The van der Waals surface area contributed by atoms with Crippen LogP contribution in [0.3, 0.4) is 0 Å². The molecule has 1 saturated heterocycles. The Morgan fingerprint density at radius 1 is 1.24 bits per heavy atom. The second-order valence-electron chi connectivity index (χ2n) is 6.35. The third-order valence-corrected chi connectivity index (χ3v) is 4.57. The molecule has 1 aromatic heterocycles. The summed E-state index contributed by atoms with van der Waals surface area (Å²) in [6.45, 7) is 1.30. The molecule has 1 aliphatic heterocycles. The Kier molecular flexibility index (Phi) is 5.33. The molecule has 1 aliphatic rings. The van der Waals surface area contributed by atoms with Crippen molar-refractivity contribution in [3.63, 3.8) is 0 Å². The van der Waals surface area contributed by atoms with Gasteiger partial charge in [0.05, 0.1) is 12.2 Å². The number of aromatic amines is 1. The quantitative estimate of drug-likeness (QED) is 0.765. The first-order chi connectivity index (χ1) is 12.1. The number of amides is 3. The second kappa shape index (κ2) is 7.83. The summed E-state index contributed by atoms with van der Waals surface area (Å²) in [5, 5.41) is 9.93. The van der Waals surface area contributed by atoms with Gasteiger partial charge in [0.1, 0.15) is 0 Å². The molecule has 0 aliphatic carbocycles. The minimum atomic E-state index is -0.675. The summed E-state index contributed by atoms with van der Waals surface area (Å²) in [6.07, 6.45) is 2.58. The lowest BCUT2D eigenvalue weighted by molar-refractivity contribution is -0.131. The van der Waals surface area contributed by atoms with Crippen LogP contribution >= 0.6 is 0 Å². The smallest absolute Gasteiger partial charge is 0.312 e. The molecule has 3 rings (SSSR count). The van der Waals surface area contributed by atoms with E-state index >= 15 is 0 Å². The number of carbonyl (C=O) groups excluding carboxylic acids is 2. The molecular formula is C18H23N5O2. The van der Waals surface area contributed by atoms with Crippen molar-refractivity contribution in [3.05, 3.63) is 53.3 Å². The van der Waals surface area contributed by atoms with Gasteiger partial charge >= 0.3 is 6.03 Å². The number of piperidine rings is 1. The van der Waals surface area contributed by atoms with Crippen molar-refractivity contribution in [2.75, 3.05) is 19.6 Å². The molecule has 0 radical (unpaired) electrons. The molecule has 0 spiro atoms. The zero-order chi connectivity index (χ0) is 17.6. The first kappa shape index (κ1) is 17.0. The molecule has 4 N–H and O–H groups in total. The van der Waals surface area contributed by atoms with Crippen LogP contribution in [0.1, 0.15) is 35.7 Å². The Morgan fingerprint density at radius 2 is 1.96 bits per heavy atom. The van der Waals surface area contributed by atoms with Gasteiger partial charge in [0.15, 0.2) is 0 Å². The van der Waals surface area contributed by atoms with Gasteiger partial charge in [0, 0.05) is 31.1 Å². The predicted octanol–water partition coefficient (Wildman–Crippen LogP) is 1.37. The number of hydrogen-bond donors (Lipinski definition) is 3. The van der Waals surface area contributed by atoms with E-state index in [4.69, 9.17) is 5.73 Å². The van der Waals surface area contributed by atoms with E-state index in [-0.39, 0.29) is 12.5 Å². The maximum Gasteiger partial charge on any atom is 0.312 e. The topological polar surface area (TPSA) is 104 Å². The normalized spacial score (nSPS) is 15.1. The van der Waals surface area contributed by atoms with E-state index in [9.17, 15) is 9.59 Å². The highest BCUT2D eigenvalue weighted by molar-refractivity contribution is 5.83. The number of primary amides is 1. The summed E-state index contributed by atoms with van der Waals surface area (Å²) in [4.78, 5) is 24.4. The summed E-state index contributed by atoms with van der Waals surface area (Å²) < 4.78 is 0. The van der Waals surface area contributed by atoms with E-state index < -0.39 is 6.03 Å². The van der Waals surface area contributed by atoms with Crippen LogP contribution < -0.4 is 11.1 Å². The minimum Gasteiger partial charge on any atom is -0.352 e. The van der Waals surface area contributed by atoms with Crippen molar-refractivity contribution in [2.45, 2.75) is 25.2 Å². The van der Waals surface area contributed by atoms with Gasteiger partial charge in [-0.05, 0) is 24.5 Å². The molecule has 0 saturated carbocycles. The Balaban J connectivity index is 1.51. The van der Waals surface area contributed by atoms with Crippen LogP contribution in [0.5, 0.6) is 0 Å². The number of carbonyl (C=O) groups is 2. The number of urea groups is 1. The van der Waals surface area contributed by atoms with Crippen LogP contribution in [0, 0.1) is 0 Å². The Hall–Kier alpha value is -2.83. The molecule has 7 nitrogen and oxygen atoms in total. The SMILES string of the molecule is NC(=O)NCC(=O)N1CCC(c2cc(Cc3ccccc3)[nH]n2)CC1. The van der Waals surface area contributed by atoms with Gasteiger partial charge in [-0.25, -0.2) is 4.79 Å². The van der Waals surface area contributed by atoms with Gasteiger partial charge in [-0.3, -0.25) is 9.89 Å². The number of hydrogen-bond acceptors (Lipinski definition) is 3. The van der Waals surface area contributed by atoms with Crippen LogP contribution in [0.4, 0.5) is 4.79 Å². The number of nitrogens with two attached hydrogens (primary N) is 1. The van der Waals surface area contributed by atoms with Gasteiger partial charge in [-0.15, -0.1) is 0 Å². The van der Waals surface area contributed by atoms with Crippen molar-refractivity contribution in [2.24, 2.45) is 5.73 Å². The second-order valence-corrected chi connectivity index (χ2v) is 6.35. The van der Waals surface area contributed by atoms with E-state index in [0.717, 1.165) is 30.7 Å². The number of H-pyrrole nitrogens is 1. The molecule has 2 heterocycles. The Morgan fingerprint density at radius 3 is 2.64 bits per heavy atom. The minimum absolute atomic E-state index is 0.0381. The number of likely N-dealkylation sites (tertiary alicyclic amines) is 1. The third kappa shape index (κ3) is 4.59. The highest BCUT2D eigenvalue weighted by Crippen LogP contribution is 2.27. The molecule has 25 heavy (non-hydrogen) atoms. The van der Waals surface area contributed by atoms with Crippen LogP contribution in [0.2, 0.25) is 0 Å². The molecule has 2 aromatic rings. The molecule has 7 heteroatoms. The average Bonchev–Trinajstić information content (AvgIpc) is 3.09. The van der Waals surface area contributed by atoms with Crippen molar-refractivity contribution in [1.82, 2.24) is 20.4 Å². The van der Waals surface area contributed by atoms with Gasteiger partial charge in [0.25, 0.3) is 0 Å². The first-order valence-corrected chi connectivity index (χ1v) is 8.51.